The number of rotatable bonds is 4. The quantitative estimate of drug-likeness (QED) is 0.774. The first kappa shape index (κ1) is 11.7. The molecule has 0 bridgehead atoms. The number of halogens is 1. The van der Waals surface area contributed by atoms with Crippen LogP contribution in [0.2, 0.25) is 0 Å². The summed E-state index contributed by atoms with van der Waals surface area (Å²) in [5.74, 6) is -0.0101. The molecule has 0 aromatic heterocycles. The van der Waals surface area contributed by atoms with Crippen LogP contribution >= 0.6 is 0 Å². The van der Waals surface area contributed by atoms with Crippen LogP contribution in [0.15, 0.2) is 30.4 Å². The van der Waals surface area contributed by atoms with Gasteiger partial charge in [0.2, 0.25) is 0 Å². The highest BCUT2D eigenvalue weighted by atomic mass is 19.1. The van der Waals surface area contributed by atoms with Crippen molar-refractivity contribution >= 4 is 0 Å². The Morgan fingerprint density at radius 1 is 1.60 bits per heavy atom. The van der Waals surface area contributed by atoms with Crippen LogP contribution in [0.25, 0.3) is 0 Å². The van der Waals surface area contributed by atoms with E-state index in [4.69, 9.17) is 4.74 Å². The molecule has 0 heterocycles. The monoisotopic (exact) mass is 210 g/mol. The number of benzene rings is 1. The Labute approximate surface area is 89.0 Å². The highest BCUT2D eigenvalue weighted by Gasteiger charge is 2.08. The van der Waals surface area contributed by atoms with Crippen LogP contribution in [0.5, 0.6) is 5.75 Å². The van der Waals surface area contributed by atoms with Gasteiger partial charge >= 0.3 is 0 Å². The maximum absolute atomic E-state index is 13.4. The van der Waals surface area contributed by atoms with Crippen LogP contribution in [-0.2, 0) is 0 Å². The molecule has 0 spiro atoms. The fraction of sp³-hybridized carbons (Fsp3) is 0.333. The van der Waals surface area contributed by atoms with Crippen LogP contribution in [0.3, 0.4) is 0 Å². The van der Waals surface area contributed by atoms with Crippen molar-refractivity contribution in [2.45, 2.75) is 20.0 Å². The zero-order chi connectivity index (χ0) is 11.4. The highest BCUT2D eigenvalue weighted by Crippen LogP contribution is 2.21. The number of hydrogen-bond donors (Lipinski definition) is 1. The minimum absolute atomic E-state index is 0.276. The molecule has 0 aliphatic rings. The molecular formula is C12H15FO2. The molecule has 3 heteroatoms. The molecule has 1 aromatic carbocycles. The highest BCUT2D eigenvalue weighted by molar-refractivity contribution is 5.30. The van der Waals surface area contributed by atoms with Crippen molar-refractivity contribution in [2.75, 3.05) is 6.61 Å². The molecule has 0 saturated carbocycles. The molecule has 0 aliphatic carbocycles. The predicted octanol–water partition coefficient (Wildman–Crippen LogP) is 2.83. The average Bonchev–Trinajstić information content (AvgIpc) is 2.14. The SMILES string of the molecule is C=C(C)COc1ccc([C@@H](C)O)c(F)c1. The Kier molecular flexibility index (Phi) is 3.86. The summed E-state index contributed by atoms with van der Waals surface area (Å²) < 4.78 is 18.6. The smallest absolute Gasteiger partial charge is 0.132 e. The summed E-state index contributed by atoms with van der Waals surface area (Å²) in [5.41, 5.74) is 1.15. The number of hydrogen-bond acceptors (Lipinski definition) is 2. The molecule has 0 aliphatic heterocycles. The lowest BCUT2D eigenvalue weighted by Crippen LogP contribution is -2.00. The zero-order valence-electron chi connectivity index (χ0n) is 8.96. The Morgan fingerprint density at radius 3 is 2.73 bits per heavy atom. The molecule has 0 fully saturated rings. The Morgan fingerprint density at radius 2 is 2.27 bits per heavy atom. The van der Waals surface area contributed by atoms with Crippen molar-refractivity contribution in [1.82, 2.24) is 0 Å². The van der Waals surface area contributed by atoms with Gasteiger partial charge in [-0.1, -0.05) is 6.58 Å². The van der Waals surface area contributed by atoms with Gasteiger partial charge < -0.3 is 9.84 Å². The summed E-state index contributed by atoms with van der Waals surface area (Å²) in [6.07, 6.45) is -0.805. The molecule has 2 nitrogen and oxygen atoms in total. The molecule has 0 amide bonds. The number of aliphatic hydroxyl groups excluding tert-OH is 1. The van der Waals surface area contributed by atoms with E-state index in [0.29, 0.717) is 12.4 Å². The van der Waals surface area contributed by atoms with E-state index in [1.807, 2.05) is 6.92 Å². The molecule has 0 radical (unpaired) electrons. The fourth-order valence-electron chi connectivity index (χ4n) is 1.14. The second kappa shape index (κ2) is 4.94. The summed E-state index contributed by atoms with van der Waals surface area (Å²) >= 11 is 0. The van der Waals surface area contributed by atoms with Gasteiger partial charge in [-0.25, -0.2) is 4.39 Å². The molecule has 82 valence electrons. The summed E-state index contributed by atoms with van der Waals surface area (Å²) in [7, 11) is 0. The van der Waals surface area contributed by atoms with Crippen LogP contribution in [-0.4, -0.2) is 11.7 Å². The van der Waals surface area contributed by atoms with Crippen molar-refractivity contribution in [3.05, 3.63) is 41.7 Å². The van der Waals surface area contributed by atoms with Gasteiger partial charge in [-0.3, -0.25) is 0 Å². The first-order valence-corrected chi connectivity index (χ1v) is 4.75. The second-order valence-electron chi connectivity index (χ2n) is 3.61. The van der Waals surface area contributed by atoms with Crippen LogP contribution in [0.4, 0.5) is 4.39 Å². The Balaban J connectivity index is 2.77. The number of ether oxygens (including phenoxy) is 1. The molecular weight excluding hydrogens is 195 g/mol. The molecule has 1 N–H and O–H groups in total. The third-order valence-corrected chi connectivity index (χ3v) is 1.91. The van der Waals surface area contributed by atoms with E-state index < -0.39 is 11.9 Å². The first-order valence-electron chi connectivity index (χ1n) is 4.75. The average molecular weight is 210 g/mol. The van der Waals surface area contributed by atoms with Crippen LogP contribution < -0.4 is 4.74 Å². The van der Waals surface area contributed by atoms with E-state index in [2.05, 4.69) is 6.58 Å². The van der Waals surface area contributed by atoms with Gasteiger partial charge in [0, 0.05) is 11.6 Å². The van der Waals surface area contributed by atoms with E-state index in [9.17, 15) is 9.50 Å². The van der Waals surface area contributed by atoms with Gasteiger partial charge in [-0.15, -0.1) is 0 Å². The molecule has 0 unspecified atom stereocenters. The molecule has 15 heavy (non-hydrogen) atoms. The zero-order valence-corrected chi connectivity index (χ0v) is 8.96. The molecule has 1 atom stereocenters. The number of aliphatic hydroxyl groups is 1. The van der Waals surface area contributed by atoms with E-state index in [1.165, 1.54) is 19.1 Å². The summed E-state index contributed by atoms with van der Waals surface area (Å²) in [5, 5.41) is 9.22. The van der Waals surface area contributed by atoms with Crippen molar-refractivity contribution in [3.8, 4) is 5.75 Å². The Bertz CT molecular complexity index is 359. The van der Waals surface area contributed by atoms with E-state index in [1.54, 1.807) is 6.07 Å². The minimum Gasteiger partial charge on any atom is -0.489 e. The third kappa shape index (κ3) is 3.36. The summed E-state index contributed by atoms with van der Waals surface area (Å²) in [6, 6.07) is 4.42. The summed E-state index contributed by atoms with van der Waals surface area (Å²) in [6.45, 7) is 7.40. The van der Waals surface area contributed by atoms with Gasteiger partial charge in [0.1, 0.15) is 18.2 Å². The standard InChI is InChI=1S/C12H15FO2/c1-8(2)7-15-10-4-5-11(9(3)14)12(13)6-10/h4-6,9,14H,1,7H2,2-3H3/t9-/m1/s1. The lowest BCUT2D eigenvalue weighted by Gasteiger charge is -2.09. The van der Waals surface area contributed by atoms with E-state index in [-0.39, 0.29) is 5.56 Å². The lowest BCUT2D eigenvalue weighted by atomic mass is 10.1. The topological polar surface area (TPSA) is 29.5 Å². The van der Waals surface area contributed by atoms with Gasteiger partial charge in [0.05, 0.1) is 6.10 Å². The van der Waals surface area contributed by atoms with Gasteiger partial charge in [0.15, 0.2) is 0 Å². The van der Waals surface area contributed by atoms with Crippen molar-refractivity contribution in [3.63, 3.8) is 0 Å². The van der Waals surface area contributed by atoms with Crippen molar-refractivity contribution in [1.29, 1.82) is 0 Å². The molecule has 0 saturated heterocycles. The summed E-state index contributed by atoms with van der Waals surface area (Å²) in [4.78, 5) is 0. The normalized spacial score (nSPS) is 12.3. The van der Waals surface area contributed by atoms with Crippen molar-refractivity contribution < 1.29 is 14.2 Å². The van der Waals surface area contributed by atoms with Gasteiger partial charge in [0.25, 0.3) is 0 Å². The first-order chi connectivity index (χ1) is 7.00. The second-order valence-corrected chi connectivity index (χ2v) is 3.61. The van der Waals surface area contributed by atoms with Gasteiger partial charge in [-0.2, -0.15) is 0 Å². The third-order valence-electron chi connectivity index (χ3n) is 1.91. The fourth-order valence-corrected chi connectivity index (χ4v) is 1.14. The van der Waals surface area contributed by atoms with Gasteiger partial charge in [-0.05, 0) is 31.6 Å². The maximum Gasteiger partial charge on any atom is 0.132 e. The van der Waals surface area contributed by atoms with Crippen LogP contribution in [0.1, 0.15) is 25.5 Å². The van der Waals surface area contributed by atoms with Crippen LogP contribution in [0, 0.1) is 5.82 Å². The minimum atomic E-state index is -0.805. The molecule has 1 aromatic rings. The predicted molar refractivity (Wildman–Crippen MR) is 57.3 cm³/mol. The van der Waals surface area contributed by atoms with E-state index in [0.717, 1.165) is 5.57 Å². The Hall–Kier alpha value is -1.35. The maximum atomic E-state index is 13.4. The van der Waals surface area contributed by atoms with Crippen molar-refractivity contribution in [2.24, 2.45) is 0 Å². The van der Waals surface area contributed by atoms with E-state index >= 15 is 0 Å². The molecule has 1 rings (SSSR count). The largest absolute Gasteiger partial charge is 0.489 e. The lowest BCUT2D eigenvalue weighted by molar-refractivity contribution is 0.194.